The predicted octanol–water partition coefficient (Wildman–Crippen LogP) is 1.41. The molecule has 0 N–H and O–H groups in total. The van der Waals surface area contributed by atoms with Crippen LogP contribution in [0.2, 0.25) is 0 Å². The zero-order valence-corrected chi connectivity index (χ0v) is 13.1. The van der Waals surface area contributed by atoms with Crippen LogP contribution in [-0.2, 0) is 9.53 Å². The molecule has 23 heavy (non-hydrogen) atoms. The highest BCUT2D eigenvalue weighted by Gasteiger charge is 2.42. The fourth-order valence-electron chi connectivity index (χ4n) is 2.89. The smallest absolute Gasteiger partial charge is 0.317 e. The van der Waals surface area contributed by atoms with Crippen molar-refractivity contribution >= 4 is 17.5 Å². The molecular weight excluding hydrogens is 296 g/mol. The zero-order valence-electron chi connectivity index (χ0n) is 13.1. The summed E-state index contributed by atoms with van der Waals surface area (Å²) in [6, 6.07) is 6.64. The van der Waals surface area contributed by atoms with Crippen molar-refractivity contribution in [3.8, 4) is 0 Å². The maximum absolute atomic E-state index is 12.9. The minimum Gasteiger partial charge on any atom is -0.468 e. The van der Waals surface area contributed by atoms with Gasteiger partial charge in [-0.15, -0.1) is 0 Å². The molecule has 0 saturated carbocycles. The van der Waals surface area contributed by atoms with Crippen LogP contribution in [0, 0.1) is 5.92 Å². The fraction of sp³-hybridized carbons (Fsp3) is 0.235. The van der Waals surface area contributed by atoms with Crippen molar-refractivity contribution in [2.45, 2.75) is 0 Å². The first-order valence-electron chi connectivity index (χ1n) is 7.12. The van der Waals surface area contributed by atoms with E-state index in [0.717, 1.165) is 0 Å². The van der Waals surface area contributed by atoms with Crippen molar-refractivity contribution in [3.63, 3.8) is 0 Å². The van der Waals surface area contributed by atoms with E-state index >= 15 is 0 Å². The van der Waals surface area contributed by atoms with E-state index in [0.29, 0.717) is 11.1 Å². The molecule has 0 amide bonds. The molecule has 1 aliphatic heterocycles. The summed E-state index contributed by atoms with van der Waals surface area (Å²) in [5.41, 5.74) is 1.04. The van der Waals surface area contributed by atoms with Crippen molar-refractivity contribution in [3.05, 3.63) is 58.9 Å². The number of nitrogens with zero attached hydrogens (tertiary/aromatic N) is 2. The molecule has 6 heteroatoms. The number of fused-ring (bicyclic) bond motifs is 1. The third kappa shape index (κ3) is 2.19. The Morgan fingerprint density at radius 1 is 1.13 bits per heavy atom. The van der Waals surface area contributed by atoms with Gasteiger partial charge in [0, 0.05) is 37.0 Å². The molecule has 1 atom stereocenters. The maximum Gasteiger partial charge on any atom is 0.317 e. The second-order valence-electron chi connectivity index (χ2n) is 5.50. The lowest BCUT2D eigenvalue weighted by Gasteiger charge is -2.37. The number of Topliss-reactive ketones (excluding diaryl/α,β-unsaturated/α-hetero) is 2. The molecule has 1 heterocycles. The molecular formula is C17H16N2O4. The number of ether oxygens (including phenoxy) is 1. The van der Waals surface area contributed by atoms with Crippen LogP contribution in [0.1, 0.15) is 20.7 Å². The summed E-state index contributed by atoms with van der Waals surface area (Å²) in [6.45, 7) is 0. The summed E-state index contributed by atoms with van der Waals surface area (Å²) in [6.07, 6.45) is 3.18. The first-order valence-corrected chi connectivity index (χ1v) is 7.12. The van der Waals surface area contributed by atoms with E-state index in [1.165, 1.54) is 7.11 Å². The molecule has 0 aromatic heterocycles. The predicted molar refractivity (Wildman–Crippen MR) is 82.3 cm³/mol. The van der Waals surface area contributed by atoms with Crippen LogP contribution in [0.25, 0.3) is 0 Å². The Morgan fingerprint density at radius 2 is 1.74 bits per heavy atom. The van der Waals surface area contributed by atoms with Gasteiger partial charge in [-0.1, -0.05) is 24.3 Å². The van der Waals surface area contributed by atoms with Gasteiger partial charge in [-0.3, -0.25) is 19.4 Å². The topological polar surface area (TPSA) is 66.9 Å². The van der Waals surface area contributed by atoms with E-state index in [2.05, 4.69) is 0 Å². The van der Waals surface area contributed by atoms with Gasteiger partial charge in [-0.05, 0) is 6.08 Å². The van der Waals surface area contributed by atoms with Gasteiger partial charge in [0.2, 0.25) is 5.78 Å². The van der Waals surface area contributed by atoms with Crippen LogP contribution >= 0.6 is 0 Å². The molecule has 1 aromatic rings. The van der Waals surface area contributed by atoms with Crippen LogP contribution < -0.4 is 0 Å². The third-order valence-electron chi connectivity index (χ3n) is 3.98. The summed E-state index contributed by atoms with van der Waals surface area (Å²) in [5.74, 6) is -2.03. The molecule has 0 spiro atoms. The number of rotatable bonds is 2. The fourth-order valence-corrected chi connectivity index (χ4v) is 2.89. The molecule has 1 unspecified atom stereocenters. The number of ketones is 2. The number of hydrazine groups is 1. The highest BCUT2D eigenvalue weighted by atomic mass is 16.5. The molecule has 1 aliphatic carbocycles. The number of carbonyl (C=O) groups is 3. The third-order valence-corrected chi connectivity index (χ3v) is 3.98. The largest absolute Gasteiger partial charge is 0.468 e. The Bertz CT molecular complexity index is 777. The second-order valence-corrected chi connectivity index (χ2v) is 5.50. The molecule has 0 bridgehead atoms. The monoisotopic (exact) mass is 312 g/mol. The van der Waals surface area contributed by atoms with Crippen molar-refractivity contribution in [1.29, 1.82) is 0 Å². The molecule has 1 aromatic carbocycles. The molecule has 0 fully saturated rings. The summed E-state index contributed by atoms with van der Waals surface area (Å²) in [4.78, 5) is 37.9. The number of methoxy groups -OCH3 is 1. The van der Waals surface area contributed by atoms with Gasteiger partial charge in [0.1, 0.15) is 11.6 Å². The molecule has 3 rings (SSSR count). The number of esters is 1. The SMILES string of the molecule is COC(=O)C1C=CN(N(C)C)C2=C1C(=O)c1ccccc1C2=O. The number of carbonyl (C=O) groups excluding carboxylic acids is 3. The van der Waals surface area contributed by atoms with Crippen LogP contribution in [-0.4, -0.2) is 48.8 Å². The van der Waals surface area contributed by atoms with E-state index in [1.807, 2.05) is 0 Å². The second kappa shape index (κ2) is 5.48. The minimum atomic E-state index is -0.879. The van der Waals surface area contributed by atoms with Gasteiger partial charge in [-0.2, -0.15) is 0 Å². The van der Waals surface area contributed by atoms with Gasteiger partial charge in [-0.25, -0.2) is 5.01 Å². The average Bonchev–Trinajstić information content (AvgIpc) is 2.57. The lowest BCUT2D eigenvalue weighted by molar-refractivity contribution is -0.142. The summed E-state index contributed by atoms with van der Waals surface area (Å²) < 4.78 is 4.79. The lowest BCUT2D eigenvalue weighted by atomic mass is 9.80. The quantitative estimate of drug-likeness (QED) is 0.769. The van der Waals surface area contributed by atoms with Crippen LogP contribution in [0.15, 0.2) is 47.8 Å². The summed E-state index contributed by atoms with van der Waals surface area (Å²) in [5, 5.41) is 3.25. The molecule has 6 nitrogen and oxygen atoms in total. The van der Waals surface area contributed by atoms with E-state index in [4.69, 9.17) is 4.74 Å². The van der Waals surface area contributed by atoms with Gasteiger partial charge in [0.05, 0.1) is 7.11 Å². The Balaban J connectivity index is 2.24. The van der Waals surface area contributed by atoms with Crippen molar-refractivity contribution in [1.82, 2.24) is 10.0 Å². The van der Waals surface area contributed by atoms with Crippen molar-refractivity contribution in [2.75, 3.05) is 21.2 Å². The highest BCUT2D eigenvalue weighted by Crippen LogP contribution is 2.36. The van der Waals surface area contributed by atoms with Crippen LogP contribution in [0.4, 0.5) is 0 Å². The van der Waals surface area contributed by atoms with E-state index in [9.17, 15) is 14.4 Å². The normalized spacial score (nSPS) is 19.8. The van der Waals surface area contributed by atoms with Gasteiger partial charge >= 0.3 is 5.97 Å². The number of allylic oxidation sites excluding steroid dienone is 1. The number of hydrogen-bond acceptors (Lipinski definition) is 6. The zero-order chi connectivity index (χ0) is 16.7. The average molecular weight is 312 g/mol. The molecule has 0 radical (unpaired) electrons. The number of benzene rings is 1. The van der Waals surface area contributed by atoms with E-state index in [1.54, 1.807) is 60.7 Å². The first-order chi connectivity index (χ1) is 11.0. The highest BCUT2D eigenvalue weighted by molar-refractivity contribution is 6.28. The van der Waals surface area contributed by atoms with Gasteiger partial charge in [0.15, 0.2) is 5.78 Å². The molecule has 0 saturated heterocycles. The Kier molecular flexibility index (Phi) is 3.61. The summed E-state index contributed by atoms with van der Waals surface area (Å²) in [7, 11) is 4.77. The van der Waals surface area contributed by atoms with Gasteiger partial charge in [0.25, 0.3) is 0 Å². The summed E-state index contributed by atoms with van der Waals surface area (Å²) >= 11 is 0. The van der Waals surface area contributed by atoms with Crippen molar-refractivity contribution in [2.24, 2.45) is 5.92 Å². The molecule has 2 aliphatic rings. The minimum absolute atomic E-state index is 0.164. The first kappa shape index (κ1) is 15.2. The Labute approximate surface area is 133 Å². The van der Waals surface area contributed by atoms with Crippen molar-refractivity contribution < 1.29 is 19.1 Å². The maximum atomic E-state index is 12.9. The molecule has 118 valence electrons. The Hall–Kier alpha value is -2.73. The van der Waals surface area contributed by atoms with E-state index < -0.39 is 11.9 Å². The Morgan fingerprint density at radius 3 is 2.30 bits per heavy atom. The standard InChI is InChI=1S/C17H16N2O4/c1-18(2)19-9-8-12(17(22)23-3)13-14(19)16(21)11-7-5-4-6-10(11)15(13)20/h4-9,12H,1-3H3. The lowest BCUT2D eigenvalue weighted by Crippen LogP contribution is -2.43. The van der Waals surface area contributed by atoms with Crippen LogP contribution in [0.5, 0.6) is 0 Å². The number of hydrogen-bond donors (Lipinski definition) is 0. The van der Waals surface area contributed by atoms with Gasteiger partial charge < -0.3 is 4.74 Å². The van der Waals surface area contributed by atoms with Crippen LogP contribution in [0.3, 0.4) is 0 Å². The van der Waals surface area contributed by atoms with E-state index in [-0.39, 0.29) is 22.8 Å².